The molecule has 2 heteroatoms. The van der Waals surface area contributed by atoms with Crippen LogP contribution in [-0.4, -0.2) is 23.9 Å². The highest BCUT2D eigenvalue weighted by atomic mass is 16.2. The van der Waals surface area contributed by atoms with Crippen LogP contribution in [-0.2, 0) is 4.79 Å². The maximum Gasteiger partial charge on any atom is 0.222 e. The van der Waals surface area contributed by atoms with Gasteiger partial charge in [-0.25, -0.2) is 0 Å². The van der Waals surface area contributed by atoms with E-state index in [1.165, 1.54) is 0 Å². The van der Waals surface area contributed by atoms with Crippen LogP contribution in [0.15, 0.2) is 0 Å². The highest BCUT2D eigenvalue weighted by molar-refractivity contribution is 5.75. The van der Waals surface area contributed by atoms with E-state index in [-0.39, 0.29) is 5.91 Å². The lowest BCUT2D eigenvalue weighted by atomic mass is 10.3. The third-order valence-corrected chi connectivity index (χ3v) is 1.53. The summed E-state index contributed by atoms with van der Waals surface area (Å²) < 4.78 is 0. The number of hydrogen-bond acceptors (Lipinski definition) is 1. The molecule has 0 aromatic rings. The largest absolute Gasteiger partial charge is 0.343 e. The van der Waals surface area contributed by atoms with Gasteiger partial charge in [0.15, 0.2) is 0 Å². The van der Waals surface area contributed by atoms with Crippen molar-refractivity contribution in [3.63, 3.8) is 0 Å². The second-order valence-corrected chi connectivity index (χ2v) is 2.33. The molecule has 0 saturated carbocycles. The van der Waals surface area contributed by atoms with Crippen LogP contribution in [0.4, 0.5) is 0 Å². The maximum absolute atomic E-state index is 11.1. The van der Waals surface area contributed by atoms with Gasteiger partial charge < -0.3 is 4.90 Å². The van der Waals surface area contributed by atoms with Gasteiger partial charge in [-0.1, -0.05) is 13.8 Å². The van der Waals surface area contributed by atoms with E-state index in [9.17, 15) is 4.79 Å². The second-order valence-electron chi connectivity index (χ2n) is 2.33. The molecule has 0 rings (SSSR count). The molecule has 0 heterocycles. The van der Waals surface area contributed by atoms with Crippen molar-refractivity contribution in [2.75, 3.05) is 13.1 Å². The number of carbonyl (C=O) groups excluding carboxylic acids is 1. The third kappa shape index (κ3) is 2.85. The van der Waals surface area contributed by atoms with Crippen molar-refractivity contribution in [3.05, 3.63) is 0 Å². The molecule has 0 spiro atoms. The van der Waals surface area contributed by atoms with Gasteiger partial charge in [-0.3, -0.25) is 4.79 Å². The molecule has 1 amide bonds. The Morgan fingerprint density at radius 3 is 2.20 bits per heavy atom. The van der Waals surface area contributed by atoms with Gasteiger partial charge in [0.2, 0.25) is 5.91 Å². The molecule has 0 N–H and O–H groups in total. The lowest BCUT2D eigenvalue weighted by Crippen LogP contribution is -2.30. The van der Waals surface area contributed by atoms with Gasteiger partial charge >= 0.3 is 0 Å². The van der Waals surface area contributed by atoms with Gasteiger partial charge in [0, 0.05) is 19.5 Å². The van der Waals surface area contributed by atoms with Gasteiger partial charge in [0.1, 0.15) is 0 Å². The number of carbonyl (C=O) groups is 1. The summed E-state index contributed by atoms with van der Waals surface area (Å²) in [5.74, 6) is 0.268. The van der Waals surface area contributed by atoms with Gasteiger partial charge in [-0.15, -0.1) is 0 Å². The van der Waals surface area contributed by atoms with Crippen LogP contribution < -0.4 is 0 Å². The predicted molar refractivity (Wildman–Crippen MR) is 42.8 cm³/mol. The molecule has 0 fully saturated rings. The first kappa shape index (κ1) is 9.47. The maximum atomic E-state index is 11.1. The Balaban J connectivity index is 3.68. The van der Waals surface area contributed by atoms with Crippen molar-refractivity contribution in [1.82, 2.24) is 4.90 Å². The van der Waals surface area contributed by atoms with E-state index in [0.29, 0.717) is 6.42 Å². The molecule has 0 bridgehead atoms. The molecule has 0 aromatic heterocycles. The summed E-state index contributed by atoms with van der Waals surface area (Å²) >= 11 is 0. The number of rotatable bonds is 4. The van der Waals surface area contributed by atoms with E-state index >= 15 is 0 Å². The first-order chi connectivity index (χ1) is 4.76. The van der Waals surface area contributed by atoms with Crippen LogP contribution in [0.1, 0.15) is 33.6 Å². The molecule has 0 radical (unpaired) electrons. The van der Waals surface area contributed by atoms with E-state index in [4.69, 9.17) is 0 Å². The van der Waals surface area contributed by atoms with Crippen molar-refractivity contribution in [1.29, 1.82) is 0 Å². The molecule has 0 unspecified atom stereocenters. The quantitative estimate of drug-likeness (QED) is 0.586. The molecule has 0 aliphatic heterocycles. The first-order valence-corrected chi connectivity index (χ1v) is 4.04. The molecule has 0 aromatic carbocycles. The summed E-state index contributed by atoms with van der Waals surface area (Å²) in [6.07, 6.45) is 1.69. The van der Waals surface area contributed by atoms with Gasteiger partial charge in [0.05, 0.1) is 0 Å². The molecular formula is C8H17NO. The SMILES string of the molecule is CCCN(CC)C(=O)CC. The number of nitrogens with zero attached hydrogens (tertiary/aromatic N) is 1. The fraction of sp³-hybridized carbons (Fsp3) is 0.875. The zero-order valence-electron chi connectivity index (χ0n) is 7.18. The summed E-state index contributed by atoms with van der Waals surface area (Å²) in [4.78, 5) is 12.9. The minimum absolute atomic E-state index is 0.268. The predicted octanol–water partition coefficient (Wildman–Crippen LogP) is 1.65. The van der Waals surface area contributed by atoms with Crippen LogP contribution in [0.2, 0.25) is 0 Å². The smallest absolute Gasteiger partial charge is 0.222 e. The highest BCUT2D eigenvalue weighted by Gasteiger charge is 2.05. The van der Waals surface area contributed by atoms with Gasteiger partial charge in [0.25, 0.3) is 0 Å². The summed E-state index contributed by atoms with van der Waals surface area (Å²) in [5, 5.41) is 0. The minimum atomic E-state index is 0.268. The first-order valence-electron chi connectivity index (χ1n) is 4.04. The monoisotopic (exact) mass is 143 g/mol. The minimum Gasteiger partial charge on any atom is -0.343 e. The highest BCUT2D eigenvalue weighted by Crippen LogP contribution is 1.94. The van der Waals surface area contributed by atoms with Crippen LogP contribution >= 0.6 is 0 Å². The summed E-state index contributed by atoms with van der Waals surface area (Å²) in [6, 6.07) is 0. The molecule has 10 heavy (non-hydrogen) atoms. The zero-order valence-corrected chi connectivity index (χ0v) is 7.18. The van der Waals surface area contributed by atoms with Gasteiger partial charge in [-0.2, -0.15) is 0 Å². The fourth-order valence-electron chi connectivity index (χ4n) is 0.953. The number of hydrogen-bond donors (Lipinski definition) is 0. The Labute approximate surface area is 63.2 Å². The van der Waals surface area contributed by atoms with Crippen molar-refractivity contribution < 1.29 is 4.79 Å². The van der Waals surface area contributed by atoms with Gasteiger partial charge in [-0.05, 0) is 13.3 Å². The molecule has 0 aliphatic rings. The van der Waals surface area contributed by atoms with Crippen molar-refractivity contribution in [2.45, 2.75) is 33.6 Å². The summed E-state index contributed by atoms with van der Waals surface area (Å²) in [6.45, 7) is 7.76. The number of amides is 1. The van der Waals surface area contributed by atoms with E-state index in [1.807, 2.05) is 18.7 Å². The molecule has 0 aliphatic carbocycles. The van der Waals surface area contributed by atoms with E-state index in [1.54, 1.807) is 0 Å². The van der Waals surface area contributed by atoms with E-state index in [2.05, 4.69) is 6.92 Å². The molecular weight excluding hydrogens is 126 g/mol. The van der Waals surface area contributed by atoms with Crippen LogP contribution in [0.5, 0.6) is 0 Å². The van der Waals surface area contributed by atoms with Crippen LogP contribution in [0, 0.1) is 0 Å². The third-order valence-electron chi connectivity index (χ3n) is 1.53. The Morgan fingerprint density at radius 1 is 1.30 bits per heavy atom. The Bertz CT molecular complexity index is 101. The molecule has 60 valence electrons. The topological polar surface area (TPSA) is 20.3 Å². The molecule has 2 nitrogen and oxygen atoms in total. The lowest BCUT2D eigenvalue weighted by molar-refractivity contribution is -0.130. The normalized spacial score (nSPS) is 9.50. The Kier molecular flexibility index (Phi) is 4.99. The molecule has 0 saturated heterocycles. The average molecular weight is 143 g/mol. The summed E-state index contributed by atoms with van der Waals surface area (Å²) in [5.41, 5.74) is 0. The van der Waals surface area contributed by atoms with E-state index in [0.717, 1.165) is 19.5 Å². The summed E-state index contributed by atoms with van der Waals surface area (Å²) in [7, 11) is 0. The fourth-order valence-corrected chi connectivity index (χ4v) is 0.953. The van der Waals surface area contributed by atoms with Crippen molar-refractivity contribution in [3.8, 4) is 0 Å². The Hall–Kier alpha value is -0.530. The zero-order chi connectivity index (χ0) is 7.98. The second kappa shape index (κ2) is 5.27. The molecule has 0 atom stereocenters. The van der Waals surface area contributed by atoms with Crippen molar-refractivity contribution in [2.24, 2.45) is 0 Å². The van der Waals surface area contributed by atoms with Crippen molar-refractivity contribution >= 4 is 5.91 Å². The lowest BCUT2D eigenvalue weighted by Gasteiger charge is -2.18. The van der Waals surface area contributed by atoms with Crippen LogP contribution in [0.3, 0.4) is 0 Å². The van der Waals surface area contributed by atoms with Crippen LogP contribution in [0.25, 0.3) is 0 Å². The Morgan fingerprint density at radius 2 is 1.90 bits per heavy atom. The standard InChI is InChI=1S/C8H17NO/c1-4-7-9(6-3)8(10)5-2/h4-7H2,1-3H3. The van der Waals surface area contributed by atoms with E-state index < -0.39 is 0 Å². The average Bonchev–Trinajstić information content (AvgIpc) is 1.99.